The van der Waals surface area contributed by atoms with E-state index in [2.05, 4.69) is 10.3 Å². The number of halogens is 1. The van der Waals surface area contributed by atoms with Crippen molar-refractivity contribution in [1.82, 2.24) is 15.2 Å². The highest BCUT2D eigenvalue weighted by atomic mass is 35.5. The van der Waals surface area contributed by atoms with Gasteiger partial charge in [0.25, 0.3) is 11.8 Å². The molecule has 2 unspecified atom stereocenters. The average molecular weight is 510 g/mol. The average Bonchev–Trinajstić information content (AvgIpc) is 3.35. The number of aryl methyl sites for hydroxylation is 1. The molecule has 2 aromatic carbocycles. The summed E-state index contributed by atoms with van der Waals surface area (Å²) in [6, 6.07) is 12.9. The van der Waals surface area contributed by atoms with Crippen LogP contribution in [-0.2, 0) is 0 Å². The lowest BCUT2D eigenvalue weighted by molar-refractivity contribution is 0.0684. The topological polar surface area (TPSA) is 80.8 Å². The molecule has 0 radical (unpaired) electrons. The van der Waals surface area contributed by atoms with Crippen LogP contribution in [0.4, 0.5) is 0 Å². The molecule has 3 aliphatic rings. The van der Waals surface area contributed by atoms with Gasteiger partial charge in [-0.05, 0) is 55.5 Å². The first-order chi connectivity index (χ1) is 17.0. The summed E-state index contributed by atoms with van der Waals surface area (Å²) in [6.45, 7) is 3.15. The zero-order chi connectivity index (χ0) is 24.1. The number of fused-ring (bicyclic) bond motifs is 2. The summed E-state index contributed by atoms with van der Waals surface area (Å²) in [5.41, 5.74) is 1.79. The monoisotopic (exact) mass is 509 g/mol. The van der Waals surface area contributed by atoms with Gasteiger partial charge in [0.05, 0.1) is 21.5 Å². The number of ether oxygens (including phenoxy) is 2. The summed E-state index contributed by atoms with van der Waals surface area (Å²) in [5, 5.41) is 4.47. The van der Waals surface area contributed by atoms with E-state index in [-0.39, 0.29) is 23.9 Å². The standard InChI is InChI=1S/C26H24ClN3O4S/c1-14-29-22(24(35-14)15-4-2-5-17(27)10-15)26(32)30-18(11-16-12-20(16)30)13-28-25(31)19-6-3-7-21-23(19)34-9-8-33-21/h2-7,10,16,18,20H,8-9,11-13H2,1H3,(H,28,31)/t16?,18?,20-/m0/s1. The van der Waals surface area contributed by atoms with Crippen LogP contribution in [-0.4, -0.2) is 53.5 Å². The molecule has 2 amide bonds. The predicted octanol–water partition coefficient (Wildman–Crippen LogP) is 4.58. The minimum Gasteiger partial charge on any atom is -0.486 e. The molecule has 0 spiro atoms. The number of carbonyl (C=O) groups excluding carboxylic acids is 2. The number of rotatable bonds is 5. The van der Waals surface area contributed by atoms with Crippen molar-refractivity contribution in [2.75, 3.05) is 19.8 Å². The number of piperidine rings is 1. The van der Waals surface area contributed by atoms with Gasteiger partial charge in [0.1, 0.15) is 18.9 Å². The molecule has 2 fully saturated rings. The van der Waals surface area contributed by atoms with Gasteiger partial charge in [0.2, 0.25) is 0 Å². The van der Waals surface area contributed by atoms with E-state index in [1.165, 1.54) is 11.3 Å². The summed E-state index contributed by atoms with van der Waals surface area (Å²) in [6.07, 6.45) is 1.88. The fraction of sp³-hybridized carbons (Fsp3) is 0.346. The molecule has 1 N–H and O–H groups in total. The molecule has 0 bridgehead atoms. The Labute approximate surface area is 212 Å². The second-order valence-electron chi connectivity index (χ2n) is 9.13. The molecule has 7 nitrogen and oxygen atoms in total. The number of likely N-dealkylation sites (tertiary alicyclic amines) is 1. The number of carbonyl (C=O) groups is 2. The molecule has 1 saturated heterocycles. The Morgan fingerprint density at radius 2 is 2.00 bits per heavy atom. The Balaban J connectivity index is 1.22. The maximum absolute atomic E-state index is 13.8. The molecule has 1 saturated carbocycles. The summed E-state index contributed by atoms with van der Waals surface area (Å²) < 4.78 is 11.3. The van der Waals surface area contributed by atoms with Crippen LogP contribution in [0.15, 0.2) is 42.5 Å². The first-order valence-corrected chi connectivity index (χ1v) is 12.9. The van der Waals surface area contributed by atoms with Crippen molar-refractivity contribution in [3.8, 4) is 21.9 Å². The van der Waals surface area contributed by atoms with E-state index >= 15 is 0 Å². The van der Waals surface area contributed by atoms with Crippen LogP contribution in [0.3, 0.4) is 0 Å². The maximum Gasteiger partial charge on any atom is 0.274 e. The molecule has 3 heterocycles. The van der Waals surface area contributed by atoms with Crippen molar-refractivity contribution in [2.45, 2.75) is 31.8 Å². The van der Waals surface area contributed by atoms with Crippen molar-refractivity contribution in [3.63, 3.8) is 0 Å². The van der Waals surface area contributed by atoms with Gasteiger partial charge < -0.3 is 19.7 Å². The smallest absolute Gasteiger partial charge is 0.274 e. The Kier molecular flexibility index (Phi) is 5.65. The third-order valence-electron chi connectivity index (χ3n) is 6.78. The molecule has 1 aromatic heterocycles. The van der Waals surface area contributed by atoms with Crippen LogP contribution >= 0.6 is 22.9 Å². The summed E-state index contributed by atoms with van der Waals surface area (Å²) in [4.78, 5) is 34.2. The lowest BCUT2D eigenvalue weighted by atomic mass is 10.1. The number of nitrogens with zero attached hydrogens (tertiary/aromatic N) is 2. The second kappa shape index (κ2) is 8.84. The third kappa shape index (κ3) is 4.15. The summed E-state index contributed by atoms with van der Waals surface area (Å²) >= 11 is 7.71. The Morgan fingerprint density at radius 1 is 1.17 bits per heavy atom. The highest BCUT2D eigenvalue weighted by Gasteiger charge is 2.54. The van der Waals surface area contributed by atoms with Gasteiger partial charge in [-0.25, -0.2) is 4.98 Å². The van der Waals surface area contributed by atoms with Gasteiger partial charge in [-0.15, -0.1) is 11.3 Å². The fourth-order valence-electron chi connectivity index (χ4n) is 5.14. The van der Waals surface area contributed by atoms with E-state index in [1.807, 2.05) is 36.1 Å². The summed E-state index contributed by atoms with van der Waals surface area (Å²) in [7, 11) is 0. The molecule has 6 rings (SSSR count). The highest BCUT2D eigenvalue weighted by molar-refractivity contribution is 7.15. The van der Waals surface area contributed by atoms with Crippen molar-refractivity contribution in [1.29, 1.82) is 0 Å². The molecule has 1 aliphatic carbocycles. The van der Waals surface area contributed by atoms with E-state index < -0.39 is 0 Å². The molecule has 180 valence electrons. The minimum absolute atomic E-state index is 0.0811. The third-order valence-corrected chi connectivity index (χ3v) is 8.03. The van der Waals surface area contributed by atoms with Gasteiger partial charge in [0, 0.05) is 17.6 Å². The van der Waals surface area contributed by atoms with Gasteiger partial charge >= 0.3 is 0 Å². The van der Waals surface area contributed by atoms with E-state index in [1.54, 1.807) is 18.2 Å². The number of hydrogen-bond acceptors (Lipinski definition) is 6. The van der Waals surface area contributed by atoms with Crippen LogP contribution in [0.25, 0.3) is 10.4 Å². The van der Waals surface area contributed by atoms with Gasteiger partial charge in [-0.1, -0.05) is 29.8 Å². The molecular formula is C26H24ClN3O4S. The normalized spacial score (nSPS) is 22.0. The maximum atomic E-state index is 13.8. The minimum atomic E-state index is -0.232. The number of benzene rings is 2. The van der Waals surface area contributed by atoms with E-state index in [0.717, 1.165) is 28.3 Å². The van der Waals surface area contributed by atoms with Crippen molar-refractivity contribution < 1.29 is 19.1 Å². The first-order valence-electron chi connectivity index (χ1n) is 11.7. The van der Waals surface area contributed by atoms with Crippen molar-refractivity contribution in [3.05, 3.63) is 63.8 Å². The Bertz CT molecular complexity index is 1330. The highest BCUT2D eigenvalue weighted by Crippen LogP contribution is 2.49. The summed E-state index contributed by atoms with van der Waals surface area (Å²) in [5.74, 6) is 1.22. The number of nitrogens with one attached hydrogen (secondary N) is 1. The quantitative estimate of drug-likeness (QED) is 0.544. The van der Waals surface area contributed by atoms with Crippen LogP contribution in [0.1, 0.15) is 38.7 Å². The Morgan fingerprint density at radius 3 is 2.86 bits per heavy atom. The van der Waals surface area contributed by atoms with Crippen molar-refractivity contribution in [2.24, 2.45) is 5.92 Å². The van der Waals surface area contributed by atoms with Crippen LogP contribution < -0.4 is 14.8 Å². The number of aromatic nitrogens is 1. The number of amides is 2. The van der Waals surface area contributed by atoms with Gasteiger partial charge in [-0.3, -0.25) is 9.59 Å². The Hall–Kier alpha value is -3.10. The van der Waals surface area contributed by atoms with E-state index in [0.29, 0.717) is 53.5 Å². The molecule has 3 atom stereocenters. The fourth-order valence-corrected chi connectivity index (χ4v) is 6.23. The second-order valence-corrected chi connectivity index (χ2v) is 10.8. The zero-order valence-electron chi connectivity index (χ0n) is 19.1. The predicted molar refractivity (Wildman–Crippen MR) is 134 cm³/mol. The van der Waals surface area contributed by atoms with Crippen LogP contribution in [0.2, 0.25) is 5.02 Å². The van der Waals surface area contributed by atoms with Crippen molar-refractivity contribution >= 4 is 34.8 Å². The van der Waals surface area contributed by atoms with Crippen LogP contribution in [0.5, 0.6) is 11.5 Å². The molecule has 35 heavy (non-hydrogen) atoms. The van der Waals surface area contributed by atoms with E-state index in [4.69, 9.17) is 21.1 Å². The molecule has 3 aromatic rings. The lowest BCUT2D eigenvalue weighted by Crippen LogP contribution is -2.45. The van der Waals surface area contributed by atoms with Gasteiger partial charge in [-0.2, -0.15) is 0 Å². The number of para-hydroxylation sites is 1. The number of hydrogen-bond donors (Lipinski definition) is 1. The van der Waals surface area contributed by atoms with E-state index in [9.17, 15) is 9.59 Å². The largest absolute Gasteiger partial charge is 0.486 e. The lowest BCUT2D eigenvalue weighted by Gasteiger charge is -2.28. The van der Waals surface area contributed by atoms with Crippen LogP contribution in [0, 0.1) is 12.8 Å². The SMILES string of the molecule is Cc1nc(C(=O)N2C(CNC(=O)c3cccc4c3OCCO4)CC3C[C@@H]32)c(-c2cccc(Cl)c2)s1. The molecule has 9 heteroatoms. The first kappa shape index (κ1) is 22.4. The van der Waals surface area contributed by atoms with Gasteiger partial charge in [0.15, 0.2) is 11.5 Å². The molecular weight excluding hydrogens is 486 g/mol. The number of thiazole rings is 1. The molecule has 2 aliphatic heterocycles. The zero-order valence-corrected chi connectivity index (χ0v) is 20.7.